The second kappa shape index (κ2) is 7.98. The summed E-state index contributed by atoms with van der Waals surface area (Å²) in [6.45, 7) is 17.2. The summed E-state index contributed by atoms with van der Waals surface area (Å²) in [6.07, 6.45) is 3.59. The highest BCUT2D eigenvalue weighted by atomic mass is 14.9. The van der Waals surface area contributed by atoms with Gasteiger partial charge in [-0.3, -0.25) is 0 Å². The quantitative estimate of drug-likeness (QED) is 0.719. The first-order valence-electron chi connectivity index (χ1n) is 8.53. The van der Waals surface area contributed by atoms with Crippen LogP contribution in [-0.2, 0) is 6.42 Å². The van der Waals surface area contributed by atoms with Crippen molar-refractivity contribution in [3.63, 3.8) is 0 Å². The third kappa shape index (κ3) is 6.65. The molecule has 0 aliphatic carbocycles. The van der Waals surface area contributed by atoms with Gasteiger partial charge in [0.2, 0.25) is 0 Å². The third-order valence-electron chi connectivity index (χ3n) is 4.56. The van der Waals surface area contributed by atoms with Gasteiger partial charge in [-0.1, -0.05) is 63.9 Å². The lowest BCUT2D eigenvalue weighted by atomic mass is 9.77. The zero-order chi connectivity index (χ0) is 16.0. The van der Waals surface area contributed by atoms with E-state index in [1.54, 1.807) is 0 Å². The predicted molar refractivity (Wildman–Crippen MR) is 94.9 cm³/mol. The summed E-state index contributed by atoms with van der Waals surface area (Å²) in [7, 11) is 0. The number of hydrogen-bond acceptors (Lipinski definition) is 1. The highest BCUT2D eigenvalue weighted by molar-refractivity contribution is 5.29. The lowest BCUT2D eigenvalue weighted by Crippen LogP contribution is -2.35. The molecule has 1 N–H and O–H groups in total. The summed E-state index contributed by atoms with van der Waals surface area (Å²) >= 11 is 0. The molecule has 0 fully saturated rings. The van der Waals surface area contributed by atoms with Gasteiger partial charge in [-0.15, -0.1) is 0 Å². The molecule has 21 heavy (non-hydrogen) atoms. The SMILES string of the molecule is CCCNC(Cc1cc(C)cc(C)c1)CC(C)C(C)(C)C. The normalized spacial score (nSPS) is 15.0. The van der Waals surface area contributed by atoms with E-state index in [-0.39, 0.29) is 0 Å². The van der Waals surface area contributed by atoms with Crippen LogP contribution in [0.15, 0.2) is 18.2 Å². The van der Waals surface area contributed by atoms with Gasteiger partial charge in [0, 0.05) is 6.04 Å². The van der Waals surface area contributed by atoms with Crippen LogP contribution in [0.5, 0.6) is 0 Å². The largest absolute Gasteiger partial charge is 0.314 e. The molecule has 1 aromatic carbocycles. The second-order valence-corrected chi connectivity index (χ2v) is 7.85. The fourth-order valence-electron chi connectivity index (χ4n) is 2.84. The number of aryl methyl sites for hydroxylation is 2. The van der Waals surface area contributed by atoms with Gasteiger partial charge in [0.25, 0.3) is 0 Å². The maximum atomic E-state index is 3.76. The van der Waals surface area contributed by atoms with Crippen molar-refractivity contribution in [2.24, 2.45) is 11.3 Å². The van der Waals surface area contributed by atoms with Gasteiger partial charge in [0.15, 0.2) is 0 Å². The summed E-state index contributed by atoms with van der Waals surface area (Å²) in [6, 6.07) is 7.53. The third-order valence-corrected chi connectivity index (χ3v) is 4.56. The van der Waals surface area contributed by atoms with Gasteiger partial charge >= 0.3 is 0 Å². The molecule has 0 aliphatic heterocycles. The van der Waals surface area contributed by atoms with E-state index in [0.717, 1.165) is 18.9 Å². The molecule has 1 heteroatoms. The van der Waals surface area contributed by atoms with Crippen LogP contribution in [0, 0.1) is 25.2 Å². The van der Waals surface area contributed by atoms with Gasteiger partial charge in [-0.05, 0) is 56.6 Å². The molecule has 0 heterocycles. The topological polar surface area (TPSA) is 12.0 Å². The van der Waals surface area contributed by atoms with E-state index in [0.29, 0.717) is 11.5 Å². The zero-order valence-corrected chi connectivity index (χ0v) is 15.2. The maximum absolute atomic E-state index is 3.76. The lowest BCUT2D eigenvalue weighted by Gasteiger charge is -2.31. The predicted octanol–water partition coefficient (Wildman–Crippen LogP) is 5.29. The molecule has 1 aromatic rings. The number of benzene rings is 1. The fourth-order valence-corrected chi connectivity index (χ4v) is 2.84. The standard InChI is InChI=1S/C20H35N/c1-8-9-21-19(13-17(4)20(5,6)7)14-18-11-15(2)10-16(3)12-18/h10-12,17,19,21H,8-9,13-14H2,1-7H3. The van der Waals surface area contributed by atoms with Gasteiger partial charge < -0.3 is 5.32 Å². The van der Waals surface area contributed by atoms with Crippen LogP contribution in [0.3, 0.4) is 0 Å². The van der Waals surface area contributed by atoms with Crippen LogP contribution in [-0.4, -0.2) is 12.6 Å². The van der Waals surface area contributed by atoms with Crippen LogP contribution in [0.25, 0.3) is 0 Å². The number of nitrogens with one attached hydrogen (secondary N) is 1. The number of rotatable bonds is 7. The summed E-state index contributed by atoms with van der Waals surface area (Å²) in [5.74, 6) is 0.720. The molecule has 1 rings (SSSR count). The van der Waals surface area contributed by atoms with Crippen molar-refractivity contribution >= 4 is 0 Å². The molecule has 1 nitrogen and oxygen atoms in total. The molecule has 2 atom stereocenters. The van der Waals surface area contributed by atoms with Gasteiger partial charge in [-0.2, -0.15) is 0 Å². The fraction of sp³-hybridized carbons (Fsp3) is 0.700. The molecule has 0 saturated carbocycles. The molecule has 0 aromatic heterocycles. The summed E-state index contributed by atoms with van der Waals surface area (Å²) < 4.78 is 0. The minimum atomic E-state index is 0.384. The number of hydrogen-bond donors (Lipinski definition) is 1. The molecule has 0 saturated heterocycles. The first-order valence-corrected chi connectivity index (χ1v) is 8.53. The van der Waals surface area contributed by atoms with Gasteiger partial charge in [0.1, 0.15) is 0 Å². The Morgan fingerprint density at radius 2 is 1.62 bits per heavy atom. The summed E-state index contributed by atoms with van der Waals surface area (Å²) in [4.78, 5) is 0. The van der Waals surface area contributed by atoms with Crippen molar-refractivity contribution in [1.82, 2.24) is 5.32 Å². The molecule has 0 radical (unpaired) electrons. The second-order valence-electron chi connectivity index (χ2n) is 7.85. The molecular weight excluding hydrogens is 254 g/mol. The molecular formula is C20H35N. The Kier molecular flexibility index (Phi) is 6.93. The van der Waals surface area contributed by atoms with Crippen LogP contribution >= 0.6 is 0 Å². The van der Waals surface area contributed by atoms with Crippen molar-refractivity contribution in [2.45, 2.75) is 73.8 Å². The Labute approximate surface area is 132 Å². The Morgan fingerprint density at radius 1 is 1.05 bits per heavy atom. The molecule has 0 bridgehead atoms. The minimum Gasteiger partial charge on any atom is -0.314 e. The van der Waals surface area contributed by atoms with Crippen molar-refractivity contribution in [3.8, 4) is 0 Å². The lowest BCUT2D eigenvalue weighted by molar-refractivity contribution is 0.222. The summed E-state index contributed by atoms with van der Waals surface area (Å²) in [5, 5.41) is 3.76. The van der Waals surface area contributed by atoms with E-state index in [1.165, 1.54) is 29.5 Å². The van der Waals surface area contributed by atoms with E-state index >= 15 is 0 Å². The van der Waals surface area contributed by atoms with Crippen molar-refractivity contribution in [3.05, 3.63) is 34.9 Å². The molecule has 0 amide bonds. The van der Waals surface area contributed by atoms with Crippen LogP contribution in [0.1, 0.15) is 64.2 Å². The first-order chi connectivity index (χ1) is 9.72. The van der Waals surface area contributed by atoms with E-state index < -0.39 is 0 Å². The minimum absolute atomic E-state index is 0.384. The van der Waals surface area contributed by atoms with Crippen LogP contribution < -0.4 is 5.32 Å². The molecule has 2 unspecified atom stereocenters. The zero-order valence-electron chi connectivity index (χ0n) is 15.2. The smallest absolute Gasteiger partial charge is 0.0110 e. The van der Waals surface area contributed by atoms with E-state index in [1.807, 2.05) is 0 Å². The van der Waals surface area contributed by atoms with Crippen LogP contribution in [0.4, 0.5) is 0 Å². The van der Waals surface area contributed by atoms with Gasteiger partial charge in [0.05, 0.1) is 0 Å². The Bertz CT molecular complexity index is 408. The Balaban J connectivity index is 2.77. The van der Waals surface area contributed by atoms with Crippen LogP contribution in [0.2, 0.25) is 0 Å². The van der Waals surface area contributed by atoms with Crippen molar-refractivity contribution in [1.29, 1.82) is 0 Å². The molecule has 0 spiro atoms. The van der Waals surface area contributed by atoms with Crippen molar-refractivity contribution in [2.75, 3.05) is 6.54 Å². The average Bonchev–Trinajstić information content (AvgIpc) is 2.33. The Hall–Kier alpha value is -0.820. The maximum Gasteiger partial charge on any atom is 0.0110 e. The first kappa shape index (κ1) is 18.2. The van der Waals surface area contributed by atoms with E-state index in [2.05, 4.69) is 72.0 Å². The van der Waals surface area contributed by atoms with E-state index in [4.69, 9.17) is 0 Å². The van der Waals surface area contributed by atoms with Crippen molar-refractivity contribution < 1.29 is 0 Å². The van der Waals surface area contributed by atoms with E-state index in [9.17, 15) is 0 Å². The monoisotopic (exact) mass is 289 g/mol. The molecule has 0 aliphatic rings. The highest BCUT2D eigenvalue weighted by Crippen LogP contribution is 2.29. The summed E-state index contributed by atoms with van der Waals surface area (Å²) in [5.41, 5.74) is 4.61. The average molecular weight is 290 g/mol. The Morgan fingerprint density at radius 3 is 2.10 bits per heavy atom. The van der Waals surface area contributed by atoms with Gasteiger partial charge in [-0.25, -0.2) is 0 Å². The highest BCUT2D eigenvalue weighted by Gasteiger charge is 2.23. The molecule has 120 valence electrons.